The maximum absolute atomic E-state index is 12.6. The number of thioether (sulfide) groups is 1. The Bertz CT molecular complexity index is 920. The summed E-state index contributed by atoms with van der Waals surface area (Å²) < 4.78 is 7.60. The molecule has 2 aromatic heterocycles. The Morgan fingerprint density at radius 1 is 1.24 bits per heavy atom. The molecule has 6 nitrogen and oxygen atoms in total. The second kappa shape index (κ2) is 9.31. The predicted molar refractivity (Wildman–Crippen MR) is 113 cm³/mol. The van der Waals surface area contributed by atoms with Crippen molar-refractivity contribution in [3.8, 4) is 0 Å². The topological polar surface area (TPSA) is 73.0 Å². The summed E-state index contributed by atoms with van der Waals surface area (Å²) in [5.41, 5.74) is 1.14. The molecule has 7 heteroatoms. The fourth-order valence-electron chi connectivity index (χ4n) is 3.42. The van der Waals surface area contributed by atoms with Crippen LogP contribution >= 0.6 is 11.8 Å². The maximum atomic E-state index is 12.6. The van der Waals surface area contributed by atoms with Crippen molar-refractivity contribution in [2.75, 3.05) is 5.75 Å². The molecule has 1 unspecified atom stereocenters. The van der Waals surface area contributed by atoms with Crippen LogP contribution in [0.25, 0.3) is 0 Å². The number of amides is 1. The van der Waals surface area contributed by atoms with Crippen LogP contribution in [0.2, 0.25) is 0 Å². The van der Waals surface area contributed by atoms with Gasteiger partial charge in [0.05, 0.1) is 24.6 Å². The van der Waals surface area contributed by atoms with Gasteiger partial charge in [0.2, 0.25) is 5.91 Å². The van der Waals surface area contributed by atoms with Gasteiger partial charge in [-0.25, -0.2) is 0 Å². The summed E-state index contributed by atoms with van der Waals surface area (Å²) in [5.74, 6) is 2.67. The van der Waals surface area contributed by atoms with Crippen LogP contribution in [-0.4, -0.2) is 26.4 Å². The molecule has 29 heavy (non-hydrogen) atoms. The minimum atomic E-state index is 0.0119. The first-order valence-corrected chi connectivity index (χ1v) is 11.2. The van der Waals surface area contributed by atoms with Gasteiger partial charge in [-0.3, -0.25) is 9.36 Å². The Balaban J connectivity index is 1.41. The van der Waals surface area contributed by atoms with E-state index >= 15 is 0 Å². The van der Waals surface area contributed by atoms with Crippen molar-refractivity contribution >= 4 is 17.7 Å². The van der Waals surface area contributed by atoms with Crippen LogP contribution in [-0.2, 0) is 11.3 Å². The van der Waals surface area contributed by atoms with Gasteiger partial charge < -0.3 is 9.73 Å². The third-order valence-electron chi connectivity index (χ3n) is 5.03. The zero-order chi connectivity index (χ0) is 20.1. The molecule has 1 N–H and O–H groups in total. The Hall–Kier alpha value is -2.54. The van der Waals surface area contributed by atoms with Crippen LogP contribution in [0.3, 0.4) is 0 Å². The second-order valence-corrected chi connectivity index (χ2v) is 8.33. The number of benzene rings is 1. The minimum Gasteiger partial charge on any atom is -0.467 e. The monoisotopic (exact) mass is 410 g/mol. The molecule has 1 aliphatic rings. The van der Waals surface area contributed by atoms with E-state index in [2.05, 4.69) is 39.1 Å². The highest BCUT2D eigenvalue weighted by Crippen LogP contribution is 2.40. The maximum Gasteiger partial charge on any atom is 0.230 e. The van der Waals surface area contributed by atoms with E-state index < -0.39 is 0 Å². The molecule has 1 atom stereocenters. The molecule has 152 valence electrons. The Morgan fingerprint density at radius 2 is 2.07 bits per heavy atom. The van der Waals surface area contributed by atoms with Crippen molar-refractivity contribution in [3.05, 3.63) is 65.9 Å². The molecule has 1 amide bonds. The van der Waals surface area contributed by atoms with Crippen LogP contribution in [0.15, 0.2) is 58.3 Å². The number of carbonyl (C=O) groups excluding carboxylic acids is 1. The van der Waals surface area contributed by atoms with Gasteiger partial charge in [0.15, 0.2) is 5.16 Å². The number of aromatic nitrogens is 3. The molecule has 0 radical (unpaired) electrons. The van der Waals surface area contributed by atoms with E-state index in [0.717, 1.165) is 48.0 Å². The summed E-state index contributed by atoms with van der Waals surface area (Å²) in [6.07, 6.45) is 5.90. The van der Waals surface area contributed by atoms with Gasteiger partial charge in [-0.2, -0.15) is 0 Å². The number of hydrogen-bond acceptors (Lipinski definition) is 5. The smallest absolute Gasteiger partial charge is 0.230 e. The van der Waals surface area contributed by atoms with Crippen LogP contribution in [0.1, 0.15) is 61.7 Å². The molecule has 0 aliphatic heterocycles. The fourth-order valence-corrected chi connectivity index (χ4v) is 4.18. The van der Waals surface area contributed by atoms with E-state index in [4.69, 9.17) is 4.42 Å². The molecular formula is C22H26N4O2S. The van der Waals surface area contributed by atoms with Crippen molar-refractivity contribution in [3.63, 3.8) is 0 Å². The quantitative estimate of drug-likeness (QED) is 0.497. The number of nitrogens with zero attached hydrogens (tertiary/aromatic N) is 3. The second-order valence-electron chi connectivity index (χ2n) is 7.39. The highest BCUT2D eigenvalue weighted by molar-refractivity contribution is 7.99. The van der Waals surface area contributed by atoms with Gasteiger partial charge in [0.25, 0.3) is 0 Å². The first-order valence-electron chi connectivity index (χ1n) is 10.2. The molecule has 4 rings (SSSR count). The Morgan fingerprint density at radius 3 is 2.76 bits per heavy atom. The SMILES string of the molecule is CCCC(NC(=O)CSc1nnc(C2CC2)n1Cc1ccco1)c1ccccc1. The number of furan rings is 1. The zero-order valence-corrected chi connectivity index (χ0v) is 17.4. The van der Waals surface area contributed by atoms with Crippen molar-refractivity contribution in [2.24, 2.45) is 0 Å². The minimum absolute atomic E-state index is 0.0119. The third-order valence-corrected chi connectivity index (χ3v) is 6.00. The van der Waals surface area contributed by atoms with E-state index in [0.29, 0.717) is 18.2 Å². The average molecular weight is 411 g/mol. The lowest BCUT2D eigenvalue weighted by molar-refractivity contribution is -0.119. The highest BCUT2D eigenvalue weighted by atomic mass is 32.2. The lowest BCUT2D eigenvalue weighted by Crippen LogP contribution is -2.30. The van der Waals surface area contributed by atoms with Crippen molar-refractivity contribution in [2.45, 2.75) is 56.3 Å². The summed E-state index contributed by atoms with van der Waals surface area (Å²) >= 11 is 1.43. The summed E-state index contributed by atoms with van der Waals surface area (Å²) in [5, 5.41) is 12.7. The predicted octanol–water partition coefficient (Wildman–Crippen LogP) is 4.55. The molecule has 0 bridgehead atoms. The fraction of sp³-hybridized carbons (Fsp3) is 0.409. The van der Waals surface area contributed by atoms with Gasteiger partial charge in [-0.05, 0) is 37.0 Å². The number of carbonyl (C=O) groups is 1. The van der Waals surface area contributed by atoms with E-state index in [1.807, 2.05) is 30.3 Å². The highest BCUT2D eigenvalue weighted by Gasteiger charge is 2.31. The molecule has 1 fully saturated rings. The lowest BCUT2D eigenvalue weighted by Gasteiger charge is -2.18. The Labute approximate surface area is 175 Å². The molecule has 3 aromatic rings. The molecule has 1 saturated carbocycles. The number of rotatable bonds is 10. The van der Waals surface area contributed by atoms with E-state index in [-0.39, 0.29) is 11.9 Å². The van der Waals surface area contributed by atoms with E-state index in [1.165, 1.54) is 11.8 Å². The standard InChI is InChI=1S/C22H26N4O2S/c1-2-7-19(16-8-4-3-5-9-16)23-20(27)15-29-22-25-24-21(17-11-12-17)26(22)14-18-10-6-13-28-18/h3-6,8-10,13,17,19H,2,7,11-12,14-15H2,1H3,(H,23,27). The summed E-state index contributed by atoms with van der Waals surface area (Å²) in [4.78, 5) is 12.6. The summed E-state index contributed by atoms with van der Waals surface area (Å²) in [6.45, 7) is 2.73. The van der Waals surface area contributed by atoms with Crippen molar-refractivity contribution < 1.29 is 9.21 Å². The number of nitrogens with one attached hydrogen (secondary N) is 1. The summed E-state index contributed by atoms with van der Waals surface area (Å²) in [7, 11) is 0. The molecule has 2 heterocycles. The number of hydrogen-bond donors (Lipinski definition) is 1. The van der Waals surface area contributed by atoms with Gasteiger partial charge in [-0.1, -0.05) is 55.4 Å². The molecule has 0 spiro atoms. The van der Waals surface area contributed by atoms with E-state index in [9.17, 15) is 4.79 Å². The molecular weight excluding hydrogens is 384 g/mol. The normalized spacial score (nSPS) is 14.7. The van der Waals surface area contributed by atoms with Gasteiger partial charge in [0.1, 0.15) is 11.6 Å². The lowest BCUT2D eigenvalue weighted by atomic mass is 10.0. The van der Waals surface area contributed by atoms with Gasteiger partial charge in [0, 0.05) is 5.92 Å². The van der Waals surface area contributed by atoms with Crippen LogP contribution < -0.4 is 5.32 Å². The Kier molecular flexibility index (Phi) is 6.34. The average Bonchev–Trinajstić information content (AvgIpc) is 3.30. The summed E-state index contributed by atoms with van der Waals surface area (Å²) in [6, 6.07) is 14.0. The van der Waals surface area contributed by atoms with Crippen LogP contribution in [0.5, 0.6) is 0 Å². The van der Waals surface area contributed by atoms with Crippen molar-refractivity contribution in [1.82, 2.24) is 20.1 Å². The largest absolute Gasteiger partial charge is 0.467 e. The first kappa shape index (κ1) is 19.8. The van der Waals surface area contributed by atoms with Crippen LogP contribution in [0.4, 0.5) is 0 Å². The van der Waals surface area contributed by atoms with Gasteiger partial charge in [-0.15, -0.1) is 10.2 Å². The van der Waals surface area contributed by atoms with Crippen LogP contribution in [0, 0.1) is 0 Å². The van der Waals surface area contributed by atoms with Crippen molar-refractivity contribution in [1.29, 1.82) is 0 Å². The first-order chi connectivity index (χ1) is 14.2. The third kappa shape index (κ3) is 5.09. The molecule has 1 aliphatic carbocycles. The zero-order valence-electron chi connectivity index (χ0n) is 16.6. The molecule has 0 saturated heterocycles. The molecule has 1 aromatic carbocycles. The van der Waals surface area contributed by atoms with Gasteiger partial charge >= 0.3 is 0 Å². The van der Waals surface area contributed by atoms with E-state index in [1.54, 1.807) is 6.26 Å².